The van der Waals surface area contributed by atoms with E-state index in [1.54, 1.807) is 0 Å². The van der Waals surface area contributed by atoms with Crippen molar-refractivity contribution in [1.82, 2.24) is 19.0 Å². The minimum atomic E-state index is 0.0966. The molecule has 1 atom stereocenters. The van der Waals surface area contributed by atoms with Gasteiger partial charge in [0.25, 0.3) is 0 Å². The van der Waals surface area contributed by atoms with Crippen LogP contribution in [0.25, 0.3) is 33.2 Å². The second-order valence-electron chi connectivity index (χ2n) is 9.90. The number of amides is 1. The van der Waals surface area contributed by atoms with Crippen molar-refractivity contribution in [2.75, 3.05) is 32.1 Å². The van der Waals surface area contributed by atoms with Gasteiger partial charge in [0, 0.05) is 48.8 Å². The van der Waals surface area contributed by atoms with Gasteiger partial charge in [-0.15, -0.1) is 0 Å². The molecule has 0 bridgehead atoms. The lowest BCUT2D eigenvalue weighted by atomic mass is 10.0. The van der Waals surface area contributed by atoms with Crippen molar-refractivity contribution in [2.45, 2.75) is 19.4 Å². The molecule has 7 nitrogen and oxygen atoms in total. The van der Waals surface area contributed by atoms with Crippen LogP contribution in [0.2, 0.25) is 0 Å². The number of hydrogen-bond donors (Lipinski definition) is 0. The van der Waals surface area contributed by atoms with Crippen LogP contribution in [0.5, 0.6) is 0 Å². The van der Waals surface area contributed by atoms with E-state index in [0.717, 1.165) is 65.5 Å². The van der Waals surface area contributed by atoms with Crippen molar-refractivity contribution in [1.29, 1.82) is 0 Å². The summed E-state index contributed by atoms with van der Waals surface area (Å²) in [6.45, 7) is 9.59. The van der Waals surface area contributed by atoms with Gasteiger partial charge in [0.15, 0.2) is 11.5 Å². The third kappa shape index (κ3) is 3.80. The van der Waals surface area contributed by atoms with Crippen LogP contribution in [0, 0.1) is 12.5 Å². The van der Waals surface area contributed by atoms with Crippen LogP contribution in [0.1, 0.15) is 18.4 Å². The topological polar surface area (TPSA) is 50.7 Å². The summed E-state index contributed by atoms with van der Waals surface area (Å²) in [5.74, 6) is 1.23. The van der Waals surface area contributed by atoms with E-state index in [1.807, 2.05) is 41.6 Å². The summed E-state index contributed by atoms with van der Waals surface area (Å²) in [4.78, 5) is 25.5. The summed E-state index contributed by atoms with van der Waals surface area (Å²) >= 11 is 0. The normalized spacial score (nSPS) is 16.4. The van der Waals surface area contributed by atoms with Crippen LogP contribution < -0.4 is 4.90 Å². The van der Waals surface area contributed by atoms with Crippen LogP contribution in [-0.4, -0.2) is 52.1 Å². The fraction of sp³-hybridized carbons (Fsp3) is 0.276. The van der Waals surface area contributed by atoms with Crippen LogP contribution in [-0.2, 0) is 11.3 Å². The molecule has 2 aromatic carbocycles. The zero-order valence-electron chi connectivity index (χ0n) is 20.6. The number of carbonyl (C=O) groups excluding carboxylic acids is 1. The third-order valence-corrected chi connectivity index (χ3v) is 7.31. The molecule has 1 saturated heterocycles. The standard InChI is InChI=1S/C29H28N6O/c1-30-24-6-4-20(5-7-24)22-17-27-28-31-12-15-35(28)26-9-8-25(16-23(26)19-33(27)18-22)34-14-11-21(29(34)36)10-13-32(2)3/h4-9,12,15-18,21H,10-11,13-14,19H2,2-3H3/t21-/m1/s1. The lowest BCUT2D eigenvalue weighted by Gasteiger charge is -2.20. The SMILES string of the molecule is [C-]#[N+]c1ccc(-c2cc3n(c2)Cc2cc(N4CC[C@@H](CCN(C)C)C4=O)ccc2-n2ccnc2-3)cc1. The van der Waals surface area contributed by atoms with Gasteiger partial charge < -0.3 is 14.4 Å². The summed E-state index contributed by atoms with van der Waals surface area (Å²) in [6.07, 6.45) is 7.80. The lowest BCUT2D eigenvalue weighted by Crippen LogP contribution is -2.28. The van der Waals surface area contributed by atoms with Gasteiger partial charge in [-0.1, -0.05) is 24.3 Å². The summed E-state index contributed by atoms with van der Waals surface area (Å²) < 4.78 is 4.37. The molecule has 180 valence electrons. The molecule has 2 aliphatic rings. The third-order valence-electron chi connectivity index (χ3n) is 7.31. The molecule has 0 radical (unpaired) electrons. The number of anilines is 1. The van der Waals surface area contributed by atoms with Crippen LogP contribution in [0.15, 0.2) is 67.1 Å². The van der Waals surface area contributed by atoms with Gasteiger partial charge >= 0.3 is 0 Å². The molecule has 1 amide bonds. The smallest absolute Gasteiger partial charge is 0.230 e. The maximum atomic E-state index is 13.2. The highest BCUT2D eigenvalue weighted by Crippen LogP contribution is 2.36. The fourth-order valence-corrected chi connectivity index (χ4v) is 5.36. The van der Waals surface area contributed by atoms with E-state index in [0.29, 0.717) is 12.2 Å². The molecule has 2 aliphatic heterocycles. The van der Waals surface area contributed by atoms with Crippen molar-refractivity contribution < 1.29 is 4.79 Å². The Morgan fingerprint density at radius 2 is 1.94 bits per heavy atom. The second kappa shape index (κ2) is 8.81. The van der Waals surface area contributed by atoms with E-state index in [1.165, 1.54) is 0 Å². The average Bonchev–Trinajstić information content (AvgIpc) is 3.60. The van der Waals surface area contributed by atoms with Crippen LogP contribution in [0.4, 0.5) is 11.4 Å². The molecule has 0 aliphatic carbocycles. The van der Waals surface area contributed by atoms with E-state index in [9.17, 15) is 4.79 Å². The first-order chi connectivity index (χ1) is 17.5. The average molecular weight is 477 g/mol. The highest BCUT2D eigenvalue weighted by Gasteiger charge is 2.33. The van der Waals surface area contributed by atoms with Gasteiger partial charge in [-0.25, -0.2) is 9.83 Å². The van der Waals surface area contributed by atoms with Crippen LogP contribution >= 0.6 is 0 Å². The molecule has 36 heavy (non-hydrogen) atoms. The summed E-state index contributed by atoms with van der Waals surface area (Å²) in [7, 11) is 4.11. The number of fused-ring (bicyclic) bond motifs is 5. The molecule has 4 aromatic rings. The number of benzene rings is 2. The van der Waals surface area contributed by atoms with E-state index >= 15 is 0 Å². The Morgan fingerprint density at radius 3 is 2.72 bits per heavy atom. The molecule has 6 rings (SSSR count). The Balaban J connectivity index is 1.35. The Morgan fingerprint density at radius 1 is 1.11 bits per heavy atom. The number of nitrogens with zero attached hydrogens (tertiary/aromatic N) is 6. The van der Waals surface area contributed by atoms with E-state index < -0.39 is 0 Å². The van der Waals surface area contributed by atoms with Gasteiger partial charge in [0.2, 0.25) is 5.91 Å². The minimum absolute atomic E-state index is 0.0966. The van der Waals surface area contributed by atoms with Gasteiger partial charge in [-0.2, -0.15) is 0 Å². The maximum Gasteiger partial charge on any atom is 0.230 e. The summed E-state index contributed by atoms with van der Waals surface area (Å²) in [5, 5.41) is 0. The first-order valence-electron chi connectivity index (χ1n) is 12.3. The number of aromatic nitrogens is 3. The molecule has 7 heteroatoms. The lowest BCUT2D eigenvalue weighted by molar-refractivity contribution is -0.120. The molecule has 0 unspecified atom stereocenters. The van der Waals surface area contributed by atoms with E-state index in [4.69, 9.17) is 6.57 Å². The van der Waals surface area contributed by atoms with Crippen molar-refractivity contribution in [2.24, 2.45) is 5.92 Å². The highest BCUT2D eigenvalue weighted by atomic mass is 16.2. The van der Waals surface area contributed by atoms with Crippen molar-refractivity contribution in [3.8, 4) is 28.3 Å². The van der Waals surface area contributed by atoms with Crippen molar-refractivity contribution in [3.63, 3.8) is 0 Å². The first-order valence-corrected chi connectivity index (χ1v) is 12.3. The summed E-state index contributed by atoms with van der Waals surface area (Å²) in [5.41, 5.74) is 7.06. The van der Waals surface area contributed by atoms with Crippen molar-refractivity contribution >= 4 is 17.3 Å². The van der Waals surface area contributed by atoms with Gasteiger partial charge in [0.05, 0.1) is 18.0 Å². The number of rotatable bonds is 5. The van der Waals surface area contributed by atoms with Crippen molar-refractivity contribution in [3.05, 3.63) is 84.1 Å². The van der Waals surface area contributed by atoms with Gasteiger partial charge in [-0.3, -0.25) is 9.36 Å². The fourth-order valence-electron chi connectivity index (χ4n) is 5.36. The Hall–Kier alpha value is -4.15. The van der Waals surface area contributed by atoms with E-state index in [2.05, 4.69) is 68.4 Å². The highest BCUT2D eigenvalue weighted by molar-refractivity contribution is 5.97. The predicted molar refractivity (Wildman–Crippen MR) is 141 cm³/mol. The molecule has 4 heterocycles. The van der Waals surface area contributed by atoms with Gasteiger partial charge in [0.1, 0.15) is 0 Å². The zero-order chi connectivity index (χ0) is 24.8. The van der Waals surface area contributed by atoms with Gasteiger partial charge in [-0.05, 0) is 68.9 Å². The Labute approximate surface area is 211 Å². The first kappa shape index (κ1) is 22.3. The number of imidazole rings is 1. The molecule has 2 aromatic heterocycles. The summed E-state index contributed by atoms with van der Waals surface area (Å²) in [6, 6.07) is 16.2. The largest absolute Gasteiger partial charge is 0.340 e. The molecule has 1 fully saturated rings. The van der Waals surface area contributed by atoms with Crippen LogP contribution in [0.3, 0.4) is 0 Å². The quantitative estimate of drug-likeness (QED) is 0.327. The maximum absolute atomic E-state index is 13.2. The predicted octanol–water partition coefficient (Wildman–Crippen LogP) is 5.22. The molecular weight excluding hydrogens is 448 g/mol. The second-order valence-corrected chi connectivity index (χ2v) is 9.90. The molecule has 0 spiro atoms. The number of carbonyl (C=O) groups is 1. The van der Waals surface area contributed by atoms with E-state index in [-0.39, 0.29) is 11.8 Å². The number of hydrogen-bond acceptors (Lipinski definition) is 3. The Bertz CT molecular complexity index is 1490. The molecular formula is C29H28N6O. The Kier molecular flexibility index (Phi) is 5.46. The molecule has 0 N–H and O–H groups in total. The molecule has 0 saturated carbocycles. The minimum Gasteiger partial charge on any atom is -0.340 e. The monoisotopic (exact) mass is 476 g/mol. The zero-order valence-corrected chi connectivity index (χ0v) is 20.6.